The summed E-state index contributed by atoms with van der Waals surface area (Å²) in [5.41, 5.74) is 0.701. The number of carbonyl (C=O) groups is 2. The van der Waals surface area contributed by atoms with Crippen LogP contribution < -0.4 is 5.32 Å². The van der Waals surface area contributed by atoms with Gasteiger partial charge in [-0.05, 0) is 53.4 Å². The monoisotopic (exact) mass is 468 g/mol. The third kappa shape index (κ3) is 5.78. The summed E-state index contributed by atoms with van der Waals surface area (Å²) in [7, 11) is 0. The molecule has 1 atom stereocenters. The van der Waals surface area contributed by atoms with Crippen molar-refractivity contribution < 1.29 is 14.7 Å². The van der Waals surface area contributed by atoms with Crippen LogP contribution in [0.25, 0.3) is 0 Å². The molecule has 4 rings (SSSR count). The number of aromatic hydroxyl groups is 1. The van der Waals surface area contributed by atoms with E-state index in [-0.39, 0.29) is 30.0 Å². The van der Waals surface area contributed by atoms with Crippen LogP contribution in [-0.4, -0.2) is 27.9 Å². The van der Waals surface area contributed by atoms with Gasteiger partial charge in [-0.25, -0.2) is 0 Å². The molecule has 2 aromatic heterocycles. The molecule has 2 N–H and O–H groups in total. The number of phenolic OH excluding ortho intramolecular Hbond substituents is 1. The molecule has 2 amide bonds. The summed E-state index contributed by atoms with van der Waals surface area (Å²) in [6, 6.07) is 13.8. The van der Waals surface area contributed by atoms with E-state index in [0.29, 0.717) is 12.1 Å². The Labute approximate surface area is 196 Å². The van der Waals surface area contributed by atoms with Crippen molar-refractivity contribution in [2.45, 2.75) is 57.2 Å². The van der Waals surface area contributed by atoms with E-state index in [1.165, 1.54) is 6.42 Å². The number of amides is 2. The van der Waals surface area contributed by atoms with Crippen LogP contribution in [-0.2, 0) is 22.6 Å². The number of hydrogen-bond acceptors (Lipinski definition) is 5. The van der Waals surface area contributed by atoms with E-state index in [2.05, 4.69) is 5.32 Å². The fraction of sp³-hybridized carbons (Fsp3) is 0.360. The summed E-state index contributed by atoms with van der Waals surface area (Å²) < 4.78 is 0. The third-order valence-electron chi connectivity index (χ3n) is 5.85. The van der Waals surface area contributed by atoms with Gasteiger partial charge in [0.2, 0.25) is 11.8 Å². The first-order valence-corrected chi connectivity index (χ1v) is 12.8. The van der Waals surface area contributed by atoms with Crippen molar-refractivity contribution in [1.82, 2.24) is 10.2 Å². The van der Waals surface area contributed by atoms with Gasteiger partial charge < -0.3 is 15.3 Å². The second kappa shape index (κ2) is 10.8. The summed E-state index contributed by atoms with van der Waals surface area (Å²) in [5.74, 6) is -0.105. The molecule has 1 fully saturated rings. The smallest absolute Gasteiger partial charge is 0.247 e. The van der Waals surface area contributed by atoms with Gasteiger partial charge in [-0.1, -0.05) is 43.5 Å². The number of nitrogens with zero attached hydrogens (tertiary/aromatic N) is 1. The van der Waals surface area contributed by atoms with Gasteiger partial charge in [0.25, 0.3) is 0 Å². The number of thiophene rings is 2. The number of phenols is 1. The van der Waals surface area contributed by atoms with Crippen LogP contribution in [0, 0.1) is 0 Å². The highest BCUT2D eigenvalue weighted by atomic mass is 32.1. The summed E-state index contributed by atoms with van der Waals surface area (Å²) in [4.78, 5) is 30.8. The minimum atomic E-state index is -0.757. The fourth-order valence-electron chi connectivity index (χ4n) is 4.21. The van der Waals surface area contributed by atoms with Crippen LogP contribution in [0.4, 0.5) is 0 Å². The van der Waals surface area contributed by atoms with Crippen molar-refractivity contribution in [1.29, 1.82) is 0 Å². The molecule has 0 unspecified atom stereocenters. The number of rotatable bonds is 8. The minimum absolute atomic E-state index is 0.0854. The van der Waals surface area contributed by atoms with Crippen LogP contribution in [0.2, 0.25) is 0 Å². The molecule has 5 nitrogen and oxygen atoms in total. The van der Waals surface area contributed by atoms with E-state index < -0.39 is 6.04 Å². The van der Waals surface area contributed by atoms with Crippen LogP contribution >= 0.6 is 22.7 Å². The van der Waals surface area contributed by atoms with Crippen LogP contribution in [0.5, 0.6) is 5.75 Å². The quantitative estimate of drug-likeness (QED) is 0.473. The van der Waals surface area contributed by atoms with Crippen LogP contribution in [0.1, 0.15) is 53.5 Å². The molecule has 7 heteroatoms. The first-order chi connectivity index (χ1) is 15.6. The summed E-state index contributed by atoms with van der Waals surface area (Å²) in [6.45, 7) is 0.367. The van der Waals surface area contributed by atoms with Crippen molar-refractivity contribution in [3.63, 3.8) is 0 Å². The normalized spacial score (nSPS) is 15.2. The first-order valence-electron chi connectivity index (χ1n) is 11.0. The number of hydrogen-bond donors (Lipinski definition) is 2. The Hall–Kier alpha value is -2.64. The highest BCUT2D eigenvalue weighted by molar-refractivity contribution is 7.10. The molecular formula is C25H28N2O3S2. The Kier molecular flexibility index (Phi) is 7.60. The lowest BCUT2D eigenvalue weighted by Gasteiger charge is -2.33. The Morgan fingerprint density at radius 3 is 2.25 bits per heavy atom. The second-order valence-electron chi connectivity index (χ2n) is 8.19. The molecule has 1 aliphatic carbocycles. The number of carbonyl (C=O) groups excluding carboxylic acids is 2. The van der Waals surface area contributed by atoms with Crippen LogP contribution in [0.3, 0.4) is 0 Å². The van der Waals surface area contributed by atoms with Gasteiger partial charge in [0.1, 0.15) is 11.8 Å². The molecule has 0 radical (unpaired) electrons. The van der Waals surface area contributed by atoms with Gasteiger partial charge in [-0.15, -0.1) is 22.7 Å². The zero-order chi connectivity index (χ0) is 22.3. The maximum Gasteiger partial charge on any atom is 0.247 e. The highest BCUT2D eigenvalue weighted by Crippen LogP contribution is 2.29. The van der Waals surface area contributed by atoms with Crippen molar-refractivity contribution >= 4 is 34.5 Å². The molecule has 3 aromatic rings. The van der Waals surface area contributed by atoms with Crippen molar-refractivity contribution in [2.75, 3.05) is 0 Å². The van der Waals surface area contributed by atoms with Gasteiger partial charge in [0.05, 0.1) is 13.0 Å². The summed E-state index contributed by atoms with van der Waals surface area (Å²) in [6.07, 6.45) is 5.65. The molecule has 1 aromatic carbocycles. The zero-order valence-corrected chi connectivity index (χ0v) is 19.5. The SMILES string of the molecule is O=C(NC1CCCCC1)[C@H](c1ccc(O)cc1)N(Cc1cccs1)C(=O)Cc1cccs1. The first kappa shape index (κ1) is 22.6. The maximum absolute atomic E-state index is 13.6. The molecule has 32 heavy (non-hydrogen) atoms. The van der Waals surface area contributed by atoms with Crippen LogP contribution in [0.15, 0.2) is 59.3 Å². The zero-order valence-electron chi connectivity index (χ0n) is 17.9. The van der Waals surface area contributed by atoms with E-state index in [4.69, 9.17) is 0 Å². The molecule has 168 valence electrons. The Morgan fingerprint density at radius 1 is 0.969 bits per heavy atom. The molecule has 1 aliphatic rings. The lowest BCUT2D eigenvalue weighted by molar-refractivity contribution is -0.141. The molecule has 1 saturated carbocycles. The standard InChI is InChI=1S/C25H28N2O3S2/c28-20-12-10-18(11-13-20)24(25(30)26-19-6-2-1-3-7-19)27(17-22-9-5-15-32-22)23(29)16-21-8-4-14-31-21/h4-5,8-15,19,24,28H,1-3,6-7,16-17H2,(H,26,30)/t24-/m0/s1. The fourth-order valence-corrected chi connectivity index (χ4v) is 5.61. The third-order valence-corrected chi connectivity index (χ3v) is 7.59. The molecular weight excluding hydrogens is 440 g/mol. The average molecular weight is 469 g/mol. The summed E-state index contributed by atoms with van der Waals surface area (Å²) >= 11 is 3.12. The Bertz CT molecular complexity index is 995. The van der Waals surface area contributed by atoms with Crippen molar-refractivity contribution in [3.05, 3.63) is 74.6 Å². The molecule has 0 saturated heterocycles. The minimum Gasteiger partial charge on any atom is -0.508 e. The van der Waals surface area contributed by atoms with Gasteiger partial charge in [-0.3, -0.25) is 9.59 Å². The number of benzene rings is 1. The second-order valence-corrected chi connectivity index (χ2v) is 10.3. The molecule has 0 spiro atoms. The number of nitrogens with one attached hydrogen (secondary N) is 1. The lowest BCUT2D eigenvalue weighted by atomic mass is 9.94. The average Bonchev–Trinajstić information content (AvgIpc) is 3.49. The van der Waals surface area contributed by atoms with E-state index in [1.54, 1.807) is 51.8 Å². The largest absolute Gasteiger partial charge is 0.508 e. The van der Waals surface area contributed by atoms with Gasteiger partial charge in [0, 0.05) is 15.8 Å². The predicted octanol–water partition coefficient (Wildman–Crippen LogP) is 5.28. The topological polar surface area (TPSA) is 69.6 Å². The van der Waals surface area contributed by atoms with E-state index in [1.807, 2.05) is 35.0 Å². The molecule has 0 aliphatic heterocycles. The van der Waals surface area contributed by atoms with E-state index in [0.717, 1.165) is 35.4 Å². The van der Waals surface area contributed by atoms with E-state index >= 15 is 0 Å². The Balaban J connectivity index is 1.66. The van der Waals surface area contributed by atoms with E-state index in [9.17, 15) is 14.7 Å². The van der Waals surface area contributed by atoms with Crippen molar-refractivity contribution in [3.8, 4) is 5.75 Å². The lowest BCUT2D eigenvalue weighted by Crippen LogP contribution is -2.47. The molecule has 2 heterocycles. The highest BCUT2D eigenvalue weighted by Gasteiger charge is 2.33. The van der Waals surface area contributed by atoms with Gasteiger partial charge in [-0.2, -0.15) is 0 Å². The van der Waals surface area contributed by atoms with Gasteiger partial charge in [0.15, 0.2) is 0 Å². The predicted molar refractivity (Wildman–Crippen MR) is 129 cm³/mol. The molecule has 0 bridgehead atoms. The van der Waals surface area contributed by atoms with Gasteiger partial charge >= 0.3 is 0 Å². The summed E-state index contributed by atoms with van der Waals surface area (Å²) in [5, 5.41) is 16.9. The Morgan fingerprint density at radius 2 is 1.62 bits per heavy atom. The maximum atomic E-state index is 13.6. The van der Waals surface area contributed by atoms with Crippen molar-refractivity contribution in [2.24, 2.45) is 0 Å².